The number of ether oxygens (including phenoxy) is 1. The lowest BCUT2D eigenvalue weighted by Gasteiger charge is -2.15. The Labute approximate surface area is 85.8 Å². The van der Waals surface area contributed by atoms with Crippen molar-refractivity contribution in [2.45, 2.75) is 25.9 Å². The van der Waals surface area contributed by atoms with Gasteiger partial charge in [-0.15, -0.1) is 0 Å². The predicted octanol–water partition coefficient (Wildman–Crippen LogP) is 3.36. The molecule has 1 nitrogen and oxygen atoms in total. The van der Waals surface area contributed by atoms with Crippen LogP contribution < -0.4 is 0 Å². The van der Waals surface area contributed by atoms with Crippen LogP contribution in [-0.2, 0) is 4.74 Å². The lowest BCUT2D eigenvalue weighted by atomic mass is 10.0. The van der Waals surface area contributed by atoms with Gasteiger partial charge in [0.1, 0.15) is 16.5 Å². The summed E-state index contributed by atoms with van der Waals surface area (Å²) in [6, 6.07) is 0. The first-order valence-electron chi connectivity index (χ1n) is 4.00. The zero-order chi connectivity index (χ0) is 8.97. The fourth-order valence-electron chi connectivity index (χ4n) is 1.20. The molecular weight excluding hydrogens is 270 g/mol. The summed E-state index contributed by atoms with van der Waals surface area (Å²) >= 11 is 2.10. The molecule has 1 rings (SSSR count). The molecule has 0 aliphatic heterocycles. The Morgan fingerprint density at radius 1 is 1.75 bits per heavy atom. The van der Waals surface area contributed by atoms with Gasteiger partial charge in [0.05, 0.1) is 0 Å². The van der Waals surface area contributed by atoms with Crippen LogP contribution in [-0.4, -0.2) is 10.8 Å². The van der Waals surface area contributed by atoms with E-state index in [9.17, 15) is 4.39 Å². The van der Waals surface area contributed by atoms with E-state index in [4.69, 9.17) is 4.74 Å². The van der Waals surface area contributed by atoms with Gasteiger partial charge in [0.25, 0.3) is 0 Å². The highest BCUT2D eigenvalue weighted by atomic mass is 127. The smallest absolute Gasteiger partial charge is 0.139 e. The number of rotatable bonds is 3. The number of alkyl halides is 2. The van der Waals surface area contributed by atoms with E-state index >= 15 is 0 Å². The average molecular weight is 282 g/mol. The Bertz CT molecular complexity index is 211. The van der Waals surface area contributed by atoms with Gasteiger partial charge in [-0.1, -0.05) is 12.5 Å². The number of allylic oxidation sites excluding steroid dienone is 3. The van der Waals surface area contributed by atoms with Gasteiger partial charge in [0, 0.05) is 6.42 Å². The van der Waals surface area contributed by atoms with E-state index < -0.39 is 6.17 Å². The highest BCUT2D eigenvalue weighted by Gasteiger charge is 2.13. The topological polar surface area (TPSA) is 9.23 Å². The minimum atomic E-state index is -0.858. The summed E-state index contributed by atoms with van der Waals surface area (Å²) in [5.41, 5.74) is 1.13. The number of halogens is 2. The van der Waals surface area contributed by atoms with Crippen molar-refractivity contribution in [1.82, 2.24) is 0 Å². The minimum Gasteiger partial charge on any atom is -0.484 e. The van der Waals surface area contributed by atoms with Gasteiger partial charge >= 0.3 is 0 Å². The molecule has 0 aromatic heterocycles. The van der Waals surface area contributed by atoms with Crippen LogP contribution in [0.5, 0.6) is 0 Å². The molecule has 0 saturated heterocycles. The van der Waals surface area contributed by atoms with Gasteiger partial charge in [-0.05, 0) is 41.2 Å². The summed E-state index contributed by atoms with van der Waals surface area (Å²) in [5, 5.41) is 0. The van der Waals surface area contributed by atoms with Crippen LogP contribution in [0.2, 0.25) is 0 Å². The molecule has 0 aromatic rings. The van der Waals surface area contributed by atoms with E-state index in [1.165, 1.54) is 6.08 Å². The Kier molecular flexibility index (Phi) is 4.05. The van der Waals surface area contributed by atoms with E-state index in [1.807, 2.05) is 13.0 Å². The number of hydrogen-bond acceptors (Lipinski definition) is 1. The molecular formula is C9H12FIO. The van der Waals surface area contributed by atoms with Crippen molar-refractivity contribution in [3.63, 3.8) is 0 Å². The van der Waals surface area contributed by atoms with Gasteiger partial charge in [0.15, 0.2) is 0 Å². The average Bonchev–Trinajstić information content (AvgIpc) is 2.04. The normalized spacial score (nSPS) is 23.1. The van der Waals surface area contributed by atoms with Crippen LogP contribution in [0.1, 0.15) is 19.8 Å². The Morgan fingerprint density at radius 2 is 2.50 bits per heavy atom. The Hall–Kier alpha value is -0.0600. The lowest BCUT2D eigenvalue weighted by Crippen LogP contribution is -2.06. The molecule has 1 atom stereocenters. The molecule has 1 aliphatic carbocycles. The largest absolute Gasteiger partial charge is 0.484 e. The van der Waals surface area contributed by atoms with Gasteiger partial charge in [-0.2, -0.15) is 0 Å². The fourth-order valence-corrected chi connectivity index (χ4v) is 1.55. The maximum absolute atomic E-state index is 13.0. The van der Waals surface area contributed by atoms with Gasteiger partial charge in [0.2, 0.25) is 0 Å². The zero-order valence-corrected chi connectivity index (χ0v) is 9.18. The van der Waals surface area contributed by atoms with Crippen molar-refractivity contribution in [3.8, 4) is 0 Å². The van der Waals surface area contributed by atoms with Crippen molar-refractivity contribution in [3.05, 3.63) is 23.5 Å². The summed E-state index contributed by atoms with van der Waals surface area (Å²) < 4.78 is 18.8. The van der Waals surface area contributed by atoms with E-state index in [0.29, 0.717) is 16.8 Å². The molecule has 68 valence electrons. The quantitative estimate of drug-likeness (QED) is 0.569. The Balaban J connectivity index is 2.65. The third-order valence-corrected chi connectivity index (χ3v) is 2.14. The van der Waals surface area contributed by atoms with E-state index in [1.54, 1.807) is 0 Å². The second-order valence-corrected chi connectivity index (χ2v) is 3.32. The SMILES string of the molecule is CCC1=CC(OCI)=CC(F)C1. The molecule has 0 amide bonds. The summed E-state index contributed by atoms with van der Waals surface area (Å²) in [6.07, 6.45) is 4.06. The molecule has 0 fully saturated rings. The molecule has 1 aliphatic rings. The summed E-state index contributed by atoms with van der Waals surface area (Å²) in [4.78, 5) is 0. The molecule has 12 heavy (non-hydrogen) atoms. The van der Waals surface area contributed by atoms with Gasteiger partial charge in [-0.3, -0.25) is 0 Å². The molecule has 1 unspecified atom stereocenters. The first-order valence-corrected chi connectivity index (χ1v) is 5.53. The standard InChI is InChI=1S/C9H12FIO/c1-2-7-3-8(10)5-9(4-7)12-6-11/h4-5,8H,2-3,6H2,1H3. The van der Waals surface area contributed by atoms with Crippen molar-refractivity contribution in [2.75, 3.05) is 4.61 Å². The first kappa shape index (κ1) is 10.0. The molecule has 0 spiro atoms. The van der Waals surface area contributed by atoms with Gasteiger partial charge in [-0.25, -0.2) is 4.39 Å². The minimum absolute atomic E-state index is 0.532. The Morgan fingerprint density at radius 3 is 3.08 bits per heavy atom. The molecule has 0 N–H and O–H groups in total. The first-order chi connectivity index (χ1) is 5.76. The maximum Gasteiger partial charge on any atom is 0.139 e. The molecule has 3 heteroatoms. The van der Waals surface area contributed by atoms with Crippen molar-refractivity contribution >= 4 is 22.6 Å². The van der Waals surface area contributed by atoms with Crippen molar-refractivity contribution < 1.29 is 9.13 Å². The highest BCUT2D eigenvalue weighted by molar-refractivity contribution is 14.1. The van der Waals surface area contributed by atoms with Crippen LogP contribution in [0.15, 0.2) is 23.5 Å². The number of hydrogen-bond donors (Lipinski definition) is 0. The van der Waals surface area contributed by atoms with Crippen molar-refractivity contribution in [2.24, 2.45) is 0 Å². The molecule has 0 aromatic carbocycles. The van der Waals surface area contributed by atoms with Crippen molar-refractivity contribution in [1.29, 1.82) is 0 Å². The molecule has 0 saturated carbocycles. The molecule has 0 radical (unpaired) electrons. The monoisotopic (exact) mass is 282 g/mol. The van der Waals surface area contributed by atoms with E-state index in [2.05, 4.69) is 22.6 Å². The zero-order valence-electron chi connectivity index (χ0n) is 7.02. The molecule has 0 heterocycles. The van der Waals surface area contributed by atoms with Crippen LogP contribution in [0.4, 0.5) is 4.39 Å². The lowest BCUT2D eigenvalue weighted by molar-refractivity contribution is 0.280. The second-order valence-electron chi connectivity index (χ2n) is 2.70. The van der Waals surface area contributed by atoms with Crippen LogP contribution in [0.3, 0.4) is 0 Å². The highest BCUT2D eigenvalue weighted by Crippen LogP contribution is 2.23. The van der Waals surface area contributed by atoms with Gasteiger partial charge < -0.3 is 4.74 Å². The summed E-state index contributed by atoms with van der Waals surface area (Å²) in [7, 11) is 0. The second kappa shape index (κ2) is 4.84. The predicted molar refractivity (Wildman–Crippen MR) is 55.9 cm³/mol. The summed E-state index contributed by atoms with van der Waals surface area (Å²) in [5.74, 6) is 0.681. The fraction of sp³-hybridized carbons (Fsp3) is 0.556. The van der Waals surface area contributed by atoms with Crippen LogP contribution in [0.25, 0.3) is 0 Å². The van der Waals surface area contributed by atoms with Crippen LogP contribution in [0, 0.1) is 0 Å². The maximum atomic E-state index is 13.0. The third kappa shape index (κ3) is 2.77. The molecule has 0 bridgehead atoms. The van der Waals surface area contributed by atoms with E-state index in [0.717, 1.165) is 12.0 Å². The third-order valence-electron chi connectivity index (χ3n) is 1.82. The summed E-state index contributed by atoms with van der Waals surface area (Å²) in [6.45, 7) is 2.03. The van der Waals surface area contributed by atoms with E-state index in [-0.39, 0.29) is 0 Å². The van der Waals surface area contributed by atoms with Crippen LogP contribution >= 0.6 is 22.6 Å².